The van der Waals surface area contributed by atoms with Gasteiger partial charge in [0.25, 0.3) is 11.8 Å². The third-order valence-corrected chi connectivity index (χ3v) is 6.32. The molecule has 8 nitrogen and oxygen atoms in total. The number of hydrogen-bond acceptors (Lipinski definition) is 6. The molecule has 3 amide bonds. The topological polar surface area (TPSA) is 114 Å². The Morgan fingerprint density at radius 1 is 1.09 bits per heavy atom. The van der Waals surface area contributed by atoms with Crippen LogP contribution < -0.4 is 5.32 Å². The molecular weight excluding hydrogens is 454 g/mol. The van der Waals surface area contributed by atoms with Crippen LogP contribution in [0.1, 0.15) is 27.1 Å². The molecule has 32 heavy (non-hydrogen) atoms. The van der Waals surface area contributed by atoms with Crippen LogP contribution in [0.3, 0.4) is 0 Å². The van der Waals surface area contributed by atoms with E-state index in [9.17, 15) is 22.8 Å². The van der Waals surface area contributed by atoms with Crippen LogP contribution >= 0.6 is 11.6 Å². The standard InChI is InChI=1S/C22H18ClN3O5S/c1-32(30,31)10-8-18(26-21(28)15-6-2-3-7-16(15)22(26)29)20(27)25-17-12-14(23)11-13-5-4-9-24-19(13)17/h2-7,9,11-12,18H,8,10H2,1H3,(H,25,27). The Labute approximate surface area is 189 Å². The number of rotatable bonds is 6. The lowest BCUT2D eigenvalue weighted by Gasteiger charge is -2.25. The maximum absolute atomic E-state index is 13.3. The summed E-state index contributed by atoms with van der Waals surface area (Å²) in [7, 11) is -3.46. The molecule has 1 aliphatic rings. The van der Waals surface area contributed by atoms with Crippen molar-refractivity contribution in [2.24, 2.45) is 0 Å². The summed E-state index contributed by atoms with van der Waals surface area (Å²) in [5.74, 6) is -2.38. The summed E-state index contributed by atoms with van der Waals surface area (Å²) < 4.78 is 23.6. The lowest BCUT2D eigenvalue weighted by molar-refractivity contribution is -0.120. The average Bonchev–Trinajstić information content (AvgIpc) is 2.98. The lowest BCUT2D eigenvalue weighted by Crippen LogP contribution is -2.48. The van der Waals surface area contributed by atoms with E-state index in [1.165, 1.54) is 18.2 Å². The molecule has 10 heteroatoms. The molecule has 0 saturated carbocycles. The Kier molecular flexibility index (Phi) is 5.70. The molecule has 2 heterocycles. The van der Waals surface area contributed by atoms with Gasteiger partial charge >= 0.3 is 0 Å². The number of amides is 3. The van der Waals surface area contributed by atoms with E-state index in [-0.39, 0.29) is 23.3 Å². The normalized spacial score (nSPS) is 14.5. The number of fused-ring (bicyclic) bond motifs is 2. The molecule has 1 unspecified atom stereocenters. The second kappa shape index (κ2) is 8.33. The van der Waals surface area contributed by atoms with Crippen molar-refractivity contribution in [1.82, 2.24) is 9.88 Å². The van der Waals surface area contributed by atoms with Gasteiger partial charge in [-0.25, -0.2) is 8.42 Å². The van der Waals surface area contributed by atoms with Crippen LogP contribution in [0, 0.1) is 0 Å². The Morgan fingerprint density at radius 2 is 1.75 bits per heavy atom. The highest BCUT2D eigenvalue weighted by Gasteiger charge is 2.42. The van der Waals surface area contributed by atoms with Gasteiger partial charge in [0.1, 0.15) is 15.9 Å². The lowest BCUT2D eigenvalue weighted by atomic mass is 10.1. The van der Waals surface area contributed by atoms with Crippen LogP contribution in [-0.2, 0) is 14.6 Å². The van der Waals surface area contributed by atoms with Gasteiger partial charge in [-0.3, -0.25) is 24.3 Å². The molecule has 1 aliphatic heterocycles. The monoisotopic (exact) mass is 471 g/mol. The molecule has 0 spiro atoms. The Balaban J connectivity index is 1.71. The molecule has 0 aliphatic carbocycles. The number of imide groups is 1. The molecular formula is C22H18ClN3O5S. The average molecular weight is 472 g/mol. The fourth-order valence-corrected chi connectivity index (χ4v) is 4.54. The van der Waals surface area contributed by atoms with Crippen molar-refractivity contribution in [3.05, 3.63) is 70.9 Å². The van der Waals surface area contributed by atoms with Gasteiger partial charge in [0.15, 0.2) is 0 Å². The highest BCUT2D eigenvalue weighted by atomic mass is 35.5. The zero-order valence-electron chi connectivity index (χ0n) is 16.9. The third-order valence-electron chi connectivity index (χ3n) is 5.13. The number of sulfone groups is 1. The molecule has 1 aromatic heterocycles. The first kappa shape index (κ1) is 21.9. The first-order chi connectivity index (χ1) is 15.2. The van der Waals surface area contributed by atoms with E-state index < -0.39 is 33.6 Å². The third kappa shape index (κ3) is 4.21. The van der Waals surface area contributed by atoms with Crippen molar-refractivity contribution in [2.75, 3.05) is 17.3 Å². The molecule has 3 aromatic rings. The number of pyridine rings is 1. The Bertz CT molecular complexity index is 1340. The van der Waals surface area contributed by atoms with Gasteiger partial charge in [-0.2, -0.15) is 0 Å². The van der Waals surface area contributed by atoms with E-state index in [4.69, 9.17) is 11.6 Å². The van der Waals surface area contributed by atoms with Crippen molar-refractivity contribution in [2.45, 2.75) is 12.5 Å². The number of halogens is 1. The summed E-state index contributed by atoms with van der Waals surface area (Å²) in [6.45, 7) is 0. The van der Waals surface area contributed by atoms with Crippen molar-refractivity contribution in [1.29, 1.82) is 0 Å². The highest BCUT2D eigenvalue weighted by Crippen LogP contribution is 2.29. The number of aromatic nitrogens is 1. The number of nitrogens with zero attached hydrogens (tertiary/aromatic N) is 2. The van der Waals surface area contributed by atoms with Gasteiger partial charge in [0.2, 0.25) is 5.91 Å². The predicted molar refractivity (Wildman–Crippen MR) is 120 cm³/mol. The fourth-order valence-electron chi connectivity index (χ4n) is 3.66. The molecule has 1 atom stereocenters. The highest BCUT2D eigenvalue weighted by molar-refractivity contribution is 7.90. The largest absolute Gasteiger partial charge is 0.322 e. The number of carbonyl (C=O) groups is 3. The summed E-state index contributed by atoms with van der Waals surface area (Å²) in [4.78, 5) is 44.3. The minimum Gasteiger partial charge on any atom is -0.322 e. The summed E-state index contributed by atoms with van der Waals surface area (Å²) in [6, 6.07) is 11.6. The van der Waals surface area contributed by atoms with E-state index in [0.29, 0.717) is 21.6 Å². The molecule has 0 radical (unpaired) electrons. The zero-order chi connectivity index (χ0) is 23.0. The van der Waals surface area contributed by atoms with Crippen LogP contribution in [-0.4, -0.2) is 54.1 Å². The predicted octanol–water partition coefficient (Wildman–Crippen LogP) is 2.93. The minimum atomic E-state index is -3.46. The number of hydrogen-bond donors (Lipinski definition) is 1. The molecule has 0 fully saturated rings. The smallest absolute Gasteiger partial charge is 0.262 e. The van der Waals surface area contributed by atoms with E-state index in [2.05, 4.69) is 10.3 Å². The van der Waals surface area contributed by atoms with Gasteiger partial charge in [0.05, 0.1) is 28.1 Å². The molecule has 0 saturated heterocycles. The van der Waals surface area contributed by atoms with Crippen molar-refractivity contribution in [3.63, 3.8) is 0 Å². The number of nitrogens with one attached hydrogen (secondary N) is 1. The number of anilines is 1. The van der Waals surface area contributed by atoms with E-state index in [0.717, 1.165) is 11.2 Å². The van der Waals surface area contributed by atoms with E-state index in [1.54, 1.807) is 36.5 Å². The summed E-state index contributed by atoms with van der Waals surface area (Å²) in [6.07, 6.45) is 2.33. The number of carbonyl (C=O) groups excluding carboxylic acids is 3. The van der Waals surface area contributed by atoms with Gasteiger partial charge < -0.3 is 5.32 Å². The van der Waals surface area contributed by atoms with Gasteiger partial charge in [-0.15, -0.1) is 0 Å². The fraction of sp³-hybridized carbons (Fsp3) is 0.182. The van der Waals surface area contributed by atoms with Crippen molar-refractivity contribution in [3.8, 4) is 0 Å². The quantitative estimate of drug-likeness (QED) is 0.553. The maximum Gasteiger partial charge on any atom is 0.262 e. The summed E-state index contributed by atoms with van der Waals surface area (Å²) in [5.41, 5.74) is 1.10. The van der Waals surface area contributed by atoms with Crippen LogP contribution in [0.4, 0.5) is 5.69 Å². The minimum absolute atomic E-state index is 0.171. The molecule has 2 aromatic carbocycles. The Morgan fingerprint density at radius 3 is 2.38 bits per heavy atom. The molecule has 1 N–H and O–H groups in total. The second-order valence-electron chi connectivity index (χ2n) is 7.48. The first-order valence-corrected chi connectivity index (χ1v) is 12.1. The van der Waals surface area contributed by atoms with Crippen molar-refractivity contribution >= 4 is 55.8 Å². The summed E-state index contributed by atoms with van der Waals surface area (Å²) >= 11 is 6.17. The number of benzene rings is 2. The molecule has 164 valence electrons. The molecule has 0 bridgehead atoms. The first-order valence-electron chi connectivity index (χ1n) is 9.65. The van der Waals surface area contributed by atoms with Gasteiger partial charge in [-0.1, -0.05) is 29.8 Å². The van der Waals surface area contributed by atoms with Crippen LogP contribution in [0.2, 0.25) is 5.02 Å². The van der Waals surface area contributed by atoms with Crippen LogP contribution in [0.15, 0.2) is 54.7 Å². The molecule has 4 rings (SSSR count). The maximum atomic E-state index is 13.3. The van der Waals surface area contributed by atoms with Gasteiger partial charge in [0, 0.05) is 22.9 Å². The van der Waals surface area contributed by atoms with Crippen LogP contribution in [0.5, 0.6) is 0 Å². The SMILES string of the molecule is CS(=O)(=O)CCC(C(=O)Nc1cc(Cl)cc2cccnc12)N1C(=O)c2ccccc2C1=O. The van der Waals surface area contributed by atoms with E-state index in [1.807, 2.05) is 0 Å². The Hall–Kier alpha value is -3.30. The van der Waals surface area contributed by atoms with E-state index >= 15 is 0 Å². The van der Waals surface area contributed by atoms with Gasteiger partial charge in [-0.05, 0) is 36.8 Å². The summed E-state index contributed by atoms with van der Waals surface area (Å²) in [5, 5.41) is 3.72. The zero-order valence-corrected chi connectivity index (χ0v) is 18.5. The van der Waals surface area contributed by atoms with Crippen LogP contribution in [0.25, 0.3) is 10.9 Å². The second-order valence-corrected chi connectivity index (χ2v) is 10.2. The van der Waals surface area contributed by atoms with Crippen molar-refractivity contribution < 1.29 is 22.8 Å².